The van der Waals surface area contributed by atoms with Crippen molar-refractivity contribution in [1.82, 2.24) is 29.5 Å². The Morgan fingerprint density at radius 3 is 2.43 bits per heavy atom. The summed E-state index contributed by atoms with van der Waals surface area (Å²) in [4.78, 5) is 26.2. The summed E-state index contributed by atoms with van der Waals surface area (Å²) in [6.07, 6.45) is 5.85. The average molecular weight is 384 g/mol. The Morgan fingerprint density at radius 2 is 1.71 bits per heavy atom. The van der Waals surface area contributed by atoms with Gasteiger partial charge in [0.25, 0.3) is 0 Å². The molecule has 2 aliphatic rings. The fourth-order valence-electron chi connectivity index (χ4n) is 4.25. The molecule has 9 nitrogen and oxygen atoms in total. The summed E-state index contributed by atoms with van der Waals surface area (Å²) < 4.78 is 20.2. The van der Waals surface area contributed by atoms with Gasteiger partial charge in [0, 0.05) is 51.7 Å². The first-order chi connectivity index (χ1) is 13.7. The van der Waals surface area contributed by atoms with E-state index in [-0.39, 0.29) is 0 Å². The third-order valence-electron chi connectivity index (χ3n) is 5.59. The van der Waals surface area contributed by atoms with Gasteiger partial charge in [0.05, 0.1) is 25.3 Å². The van der Waals surface area contributed by atoms with Crippen LogP contribution in [0.15, 0.2) is 25.0 Å². The molecule has 0 saturated carbocycles. The molecule has 2 unspecified atom stereocenters. The number of ether oxygens (including phenoxy) is 1. The Morgan fingerprint density at radius 1 is 1.00 bits per heavy atom. The Labute approximate surface area is 161 Å². The lowest BCUT2D eigenvalue weighted by atomic mass is 10.0. The van der Waals surface area contributed by atoms with Crippen LogP contribution in [0.25, 0.3) is 11.2 Å². The Bertz CT molecular complexity index is 963. The molecule has 5 heterocycles. The molecular weight excluding hydrogens is 363 g/mol. The zero-order valence-corrected chi connectivity index (χ0v) is 15.6. The molecule has 2 saturated heterocycles. The summed E-state index contributed by atoms with van der Waals surface area (Å²) >= 11 is 0. The highest BCUT2D eigenvalue weighted by molar-refractivity contribution is 5.83. The number of methoxy groups -OCH3 is 1. The average Bonchev–Trinajstić information content (AvgIpc) is 3.39. The largest absolute Gasteiger partial charge is 0.383 e. The number of hydrogen-bond donors (Lipinski definition) is 0. The van der Waals surface area contributed by atoms with Crippen LogP contribution >= 0.6 is 0 Å². The minimum atomic E-state index is -0.410. The number of anilines is 2. The lowest BCUT2D eigenvalue weighted by molar-refractivity contribution is 0.188. The number of imidazole rings is 1. The first-order valence-electron chi connectivity index (χ1n) is 9.35. The highest BCUT2D eigenvalue weighted by atomic mass is 19.1. The van der Waals surface area contributed by atoms with E-state index < -0.39 is 5.82 Å². The van der Waals surface area contributed by atoms with Crippen molar-refractivity contribution in [1.29, 1.82) is 0 Å². The van der Waals surface area contributed by atoms with Crippen molar-refractivity contribution in [3.05, 3.63) is 30.9 Å². The van der Waals surface area contributed by atoms with Crippen molar-refractivity contribution in [3.63, 3.8) is 0 Å². The zero-order valence-electron chi connectivity index (χ0n) is 15.6. The van der Waals surface area contributed by atoms with Gasteiger partial charge in [-0.15, -0.1) is 0 Å². The van der Waals surface area contributed by atoms with Gasteiger partial charge in [0.15, 0.2) is 22.8 Å². The second-order valence-corrected chi connectivity index (χ2v) is 7.33. The highest BCUT2D eigenvalue weighted by Gasteiger charge is 2.41. The van der Waals surface area contributed by atoms with Gasteiger partial charge < -0.3 is 19.1 Å². The Balaban J connectivity index is 1.33. The van der Waals surface area contributed by atoms with Gasteiger partial charge in [0.2, 0.25) is 5.95 Å². The molecule has 0 spiro atoms. The van der Waals surface area contributed by atoms with E-state index in [1.807, 2.05) is 4.57 Å². The van der Waals surface area contributed by atoms with Crippen LogP contribution in [0, 0.1) is 17.7 Å². The van der Waals surface area contributed by atoms with E-state index in [2.05, 4.69) is 34.7 Å². The van der Waals surface area contributed by atoms with Gasteiger partial charge in [-0.1, -0.05) is 0 Å². The predicted molar refractivity (Wildman–Crippen MR) is 101 cm³/mol. The van der Waals surface area contributed by atoms with Crippen molar-refractivity contribution in [2.24, 2.45) is 11.8 Å². The van der Waals surface area contributed by atoms with E-state index >= 15 is 0 Å². The zero-order chi connectivity index (χ0) is 19.1. The molecule has 0 bridgehead atoms. The maximum Gasteiger partial charge on any atom is 0.225 e. The van der Waals surface area contributed by atoms with Crippen molar-refractivity contribution < 1.29 is 9.13 Å². The highest BCUT2D eigenvalue weighted by Crippen LogP contribution is 2.36. The van der Waals surface area contributed by atoms with E-state index in [0.717, 1.165) is 43.2 Å². The van der Waals surface area contributed by atoms with Gasteiger partial charge in [-0.05, 0) is 0 Å². The minimum Gasteiger partial charge on any atom is -0.383 e. The van der Waals surface area contributed by atoms with Crippen molar-refractivity contribution in [2.75, 3.05) is 49.7 Å². The standard InChI is InChI=1S/C18H21FN8O/c1-28-3-2-25-11-24-15-16(25)22-10-23-17(15)26-6-12-8-27(9-13(12)7-26)18-20-4-14(19)5-21-18/h4-5,10-13H,2-3,6-9H2,1H3. The fraction of sp³-hybridized carbons (Fsp3) is 0.500. The van der Waals surface area contributed by atoms with E-state index in [1.54, 1.807) is 19.8 Å². The van der Waals surface area contributed by atoms with Gasteiger partial charge in [-0.2, -0.15) is 0 Å². The smallest absolute Gasteiger partial charge is 0.225 e. The molecule has 28 heavy (non-hydrogen) atoms. The van der Waals surface area contributed by atoms with Crippen LogP contribution in [0.4, 0.5) is 16.2 Å². The molecule has 3 aromatic rings. The van der Waals surface area contributed by atoms with E-state index in [9.17, 15) is 4.39 Å². The van der Waals surface area contributed by atoms with Gasteiger partial charge >= 0.3 is 0 Å². The molecule has 0 N–H and O–H groups in total. The molecule has 2 fully saturated rings. The lowest BCUT2D eigenvalue weighted by Gasteiger charge is -2.22. The normalized spacial score (nSPS) is 21.6. The third-order valence-corrected chi connectivity index (χ3v) is 5.59. The quantitative estimate of drug-likeness (QED) is 0.644. The molecule has 2 atom stereocenters. The predicted octanol–water partition coefficient (Wildman–Crippen LogP) is 0.974. The minimum absolute atomic E-state index is 0.410. The molecule has 146 valence electrons. The van der Waals surface area contributed by atoms with Gasteiger partial charge in [-0.25, -0.2) is 29.3 Å². The fourth-order valence-corrected chi connectivity index (χ4v) is 4.25. The molecule has 0 aromatic carbocycles. The van der Waals surface area contributed by atoms with Crippen LogP contribution in [-0.4, -0.2) is 69.4 Å². The summed E-state index contributed by atoms with van der Waals surface area (Å²) in [5.41, 5.74) is 1.66. The second-order valence-electron chi connectivity index (χ2n) is 7.33. The summed E-state index contributed by atoms with van der Waals surface area (Å²) in [5.74, 6) is 2.07. The number of hydrogen-bond acceptors (Lipinski definition) is 8. The van der Waals surface area contributed by atoms with Crippen LogP contribution in [0.3, 0.4) is 0 Å². The first kappa shape index (κ1) is 17.2. The Kier molecular flexibility index (Phi) is 4.27. The Hall–Kier alpha value is -2.88. The monoisotopic (exact) mass is 384 g/mol. The van der Waals surface area contributed by atoms with Crippen LogP contribution in [0.5, 0.6) is 0 Å². The van der Waals surface area contributed by atoms with Crippen molar-refractivity contribution in [3.8, 4) is 0 Å². The second kappa shape index (κ2) is 6.93. The molecule has 0 radical (unpaired) electrons. The van der Waals surface area contributed by atoms with Gasteiger partial charge in [-0.3, -0.25) is 0 Å². The summed E-state index contributed by atoms with van der Waals surface area (Å²) in [5, 5.41) is 0. The topological polar surface area (TPSA) is 85.1 Å². The summed E-state index contributed by atoms with van der Waals surface area (Å²) in [6, 6.07) is 0. The lowest BCUT2D eigenvalue weighted by Crippen LogP contribution is -2.30. The maximum atomic E-state index is 13.1. The molecule has 2 aliphatic heterocycles. The SMILES string of the molecule is COCCn1cnc2c(N3CC4CN(c5ncc(F)cn5)CC4C3)ncnc21. The molecule has 10 heteroatoms. The first-order valence-corrected chi connectivity index (χ1v) is 9.35. The van der Waals surface area contributed by atoms with Crippen molar-refractivity contribution >= 4 is 22.9 Å². The number of rotatable bonds is 5. The number of nitrogens with zero attached hydrogens (tertiary/aromatic N) is 8. The number of aromatic nitrogens is 6. The van der Waals surface area contributed by atoms with Crippen LogP contribution in [0.1, 0.15) is 0 Å². The molecule has 3 aromatic heterocycles. The summed E-state index contributed by atoms with van der Waals surface area (Å²) in [7, 11) is 1.68. The summed E-state index contributed by atoms with van der Waals surface area (Å²) in [6.45, 7) is 4.85. The number of halogens is 1. The number of fused-ring (bicyclic) bond motifs is 2. The molecular formula is C18H21FN8O. The third kappa shape index (κ3) is 2.93. The van der Waals surface area contributed by atoms with Crippen LogP contribution in [0.2, 0.25) is 0 Å². The van der Waals surface area contributed by atoms with Crippen LogP contribution < -0.4 is 9.80 Å². The maximum absolute atomic E-state index is 13.1. The van der Waals surface area contributed by atoms with Crippen LogP contribution in [-0.2, 0) is 11.3 Å². The molecule has 5 rings (SSSR count). The van der Waals surface area contributed by atoms with Gasteiger partial charge in [0.1, 0.15) is 6.33 Å². The molecule has 0 amide bonds. The van der Waals surface area contributed by atoms with E-state index in [0.29, 0.717) is 30.9 Å². The van der Waals surface area contributed by atoms with Crippen molar-refractivity contribution in [2.45, 2.75) is 6.54 Å². The van der Waals surface area contributed by atoms with E-state index in [4.69, 9.17) is 4.74 Å². The van der Waals surface area contributed by atoms with E-state index in [1.165, 1.54) is 12.4 Å². The molecule has 0 aliphatic carbocycles.